The molecule has 0 radical (unpaired) electrons. The Morgan fingerprint density at radius 3 is 2.54 bits per heavy atom. The maximum Gasteiger partial charge on any atom is 0.186 e. The number of allylic oxidation sites excluding steroid dienone is 1. The number of hydrogen-bond donors (Lipinski definition) is 5. The van der Waals surface area contributed by atoms with Gasteiger partial charge in [-0.05, 0) is 98.7 Å². The summed E-state index contributed by atoms with van der Waals surface area (Å²) in [6, 6.07) is 1.34. The SMILES string of the molecule is C[C@H]1CC[C@@H]2[C@@H](C)[C@H]3[C@H](CC4C5CC=C6C[C@@H](OC7OC(CO)C(O)C(O)C7O)CC[C@]6(C)C5CC[C@@]43CO)N2C1. The van der Waals surface area contributed by atoms with Crippen molar-refractivity contribution in [3.63, 3.8) is 0 Å². The van der Waals surface area contributed by atoms with Crippen molar-refractivity contribution in [2.24, 2.45) is 46.3 Å². The van der Waals surface area contributed by atoms with Gasteiger partial charge in [-0.2, -0.15) is 0 Å². The fraction of sp³-hybridized carbons (Fsp3) is 0.939. The minimum atomic E-state index is -1.42. The van der Waals surface area contributed by atoms with Gasteiger partial charge in [0.05, 0.1) is 12.7 Å². The number of fused-ring (bicyclic) bond motifs is 9. The van der Waals surface area contributed by atoms with E-state index in [0.717, 1.165) is 38.0 Å². The fourth-order valence-electron chi connectivity index (χ4n) is 11.9. The van der Waals surface area contributed by atoms with E-state index in [0.29, 0.717) is 48.3 Å². The molecule has 4 aliphatic carbocycles. The maximum atomic E-state index is 11.1. The van der Waals surface area contributed by atoms with Crippen molar-refractivity contribution in [2.45, 2.75) is 127 Å². The number of rotatable bonds is 4. The van der Waals surface area contributed by atoms with Crippen molar-refractivity contribution in [2.75, 3.05) is 19.8 Å². The van der Waals surface area contributed by atoms with Crippen LogP contribution in [0.3, 0.4) is 0 Å². The van der Waals surface area contributed by atoms with Gasteiger partial charge >= 0.3 is 0 Å². The van der Waals surface area contributed by atoms with Gasteiger partial charge in [0.2, 0.25) is 0 Å². The molecular weight excluding hydrogens is 522 g/mol. The summed E-state index contributed by atoms with van der Waals surface area (Å²) in [6.07, 6.45) is 6.13. The molecule has 8 unspecified atom stereocenters. The zero-order valence-electron chi connectivity index (χ0n) is 25.1. The van der Waals surface area contributed by atoms with Crippen LogP contribution in [0.15, 0.2) is 11.6 Å². The Labute approximate surface area is 245 Å². The van der Waals surface area contributed by atoms with Crippen molar-refractivity contribution >= 4 is 0 Å². The highest BCUT2D eigenvalue weighted by Crippen LogP contribution is 2.70. The second-order valence-corrected chi connectivity index (χ2v) is 15.5. The van der Waals surface area contributed by atoms with Gasteiger partial charge < -0.3 is 35.0 Å². The van der Waals surface area contributed by atoms with Crippen molar-refractivity contribution in [3.05, 3.63) is 11.6 Å². The number of piperidine rings is 1. The summed E-state index contributed by atoms with van der Waals surface area (Å²) in [6.45, 7) is 8.50. The molecule has 3 saturated carbocycles. The second-order valence-electron chi connectivity index (χ2n) is 15.5. The van der Waals surface area contributed by atoms with Crippen LogP contribution < -0.4 is 0 Å². The Morgan fingerprint density at radius 1 is 0.976 bits per heavy atom. The molecule has 7 aliphatic rings. The van der Waals surface area contributed by atoms with E-state index in [4.69, 9.17) is 9.47 Å². The molecule has 0 aromatic heterocycles. The molecule has 16 atom stereocenters. The molecule has 3 saturated heterocycles. The summed E-state index contributed by atoms with van der Waals surface area (Å²) in [5, 5.41) is 51.6. The van der Waals surface area contributed by atoms with Gasteiger partial charge in [-0.1, -0.05) is 32.4 Å². The fourth-order valence-corrected chi connectivity index (χ4v) is 11.9. The molecule has 0 aromatic carbocycles. The van der Waals surface area contributed by atoms with Gasteiger partial charge in [0.15, 0.2) is 6.29 Å². The van der Waals surface area contributed by atoms with Crippen LogP contribution in [0.4, 0.5) is 0 Å². The Morgan fingerprint density at radius 2 is 1.78 bits per heavy atom. The molecule has 232 valence electrons. The third-order valence-electron chi connectivity index (χ3n) is 13.9. The summed E-state index contributed by atoms with van der Waals surface area (Å²) < 4.78 is 11.9. The predicted octanol–water partition coefficient (Wildman–Crippen LogP) is 2.45. The lowest BCUT2D eigenvalue weighted by molar-refractivity contribution is -0.313. The van der Waals surface area contributed by atoms with Crippen LogP contribution in [0.5, 0.6) is 0 Å². The Kier molecular flexibility index (Phi) is 7.47. The summed E-state index contributed by atoms with van der Waals surface area (Å²) in [5.41, 5.74) is 1.63. The standard InChI is InChI=1S/C33H53NO7/c1-17-4-7-24-18(2)27-25(34(24)14-17)13-23-21-6-5-19-12-20(40-31-30(39)29(38)28(37)26(15-35)41-31)8-10-32(19,3)22(21)9-11-33(23,27)16-36/h5,17-18,20-31,35-39H,4,6-16H2,1-3H3/t17-,18+,20-,21?,22?,23?,24+,25-,26?,27-,28?,29?,30?,31?,32-,33+/m0/s1. The molecule has 5 N–H and O–H groups in total. The van der Waals surface area contributed by atoms with Crippen molar-refractivity contribution in [1.82, 2.24) is 4.90 Å². The minimum absolute atomic E-state index is 0.0664. The van der Waals surface area contributed by atoms with E-state index in [-0.39, 0.29) is 16.9 Å². The third kappa shape index (κ3) is 4.22. The van der Waals surface area contributed by atoms with E-state index in [1.807, 2.05) is 0 Å². The lowest BCUT2D eigenvalue weighted by Crippen LogP contribution is -2.60. The van der Waals surface area contributed by atoms with E-state index in [2.05, 4.69) is 31.7 Å². The van der Waals surface area contributed by atoms with Gasteiger partial charge in [0, 0.05) is 30.7 Å². The van der Waals surface area contributed by atoms with Gasteiger partial charge in [-0.3, -0.25) is 4.90 Å². The monoisotopic (exact) mass is 575 g/mol. The summed E-state index contributed by atoms with van der Waals surface area (Å²) in [7, 11) is 0. The third-order valence-corrected chi connectivity index (χ3v) is 13.9. The van der Waals surface area contributed by atoms with Crippen LogP contribution in [-0.2, 0) is 9.47 Å². The first-order valence-corrected chi connectivity index (χ1v) is 16.6. The quantitative estimate of drug-likeness (QED) is 0.324. The topological polar surface area (TPSA) is 123 Å². The van der Waals surface area contributed by atoms with Crippen molar-refractivity contribution < 1.29 is 35.0 Å². The Balaban J connectivity index is 1.09. The van der Waals surface area contributed by atoms with Gasteiger partial charge in [-0.25, -0.2) is 0 Å². The van der Waals surface area contributed by atoms with E-state index in [9.17, 15) is 25.5 Å². The van der Waals surface area contributed by atoms with Crippen LogP contribution in [0.1, 0.15) is 78.6 Å². The highest BCUT2D eigenvalue weighted by Gasteiger charge is 2.68. The van der Waals surface area contributed by atoms with E-state index in [1.54, 1.807) is 0 Å². The van der Waals surface area contributed by atoms with Crippen LogP contribution in [0.2, 0.25) is 0 Å². The van der Waals surface area contributed by atoms with E-state index < -0.39 is 37.3 Å². The zero-order chi connectivity index (χ0) is 28.8. The molecule has 0 spiro atoms. The van der Waals surface area contributed by atoms with Crippen LogP contribution in [0.25, 0.3) is 0 Å². The predicted molar refractivity (Wildman–Crippen MR) is 152 cm³/mol. The molecule has 8 nitrogen and oxygen atoms in total. The van der Waals surface area contributed by atoms with E-state index in [1.165, 1.54) is 37.8 Å². The Bertz CT molecular complexity index is 1020. The summed E-state index contributed by atoms with van der Waals surface area (Å²) >= 11 is 0. The van der Waals surface area contributed by atoms with Crippen molar-refractivity contribution in [1.29, 1.82) is 0 Å². The molecule has 0 bridgehead atoms. The second kappa shape index (κ2) is 10.5. The normalized spacial score (nSPS) is 56.7. The first kappa shape index (κ1) is 29.1. The van der Waals surface area contributed by atoms with Crippen LogP contribution >= 0.6 is 0 Å². The van der Waals surface area contributed by atoms with Crippen LogP contribution in [-0.4, -0.2) is 99.1 Å². The zero-order valence-corrected chi connectivity index (χ0v) is 25.1. The number of aliphatic hydroxyl groups is 5. The lowest BCUT2D eigenvalue weighted by Gasteiger charge is -2.59. The molecule has 8 heteroatoms. The molecule has 6 fully saturated rings. The average molecular weight is 576 g/mol. The maximum absolute atomic E-state index is 11.1. The van der Waals surface area contributed by atoms with E-state index >= 15 is 0 Å². The average Bonchev–Trinajstić information content (AvgIpc) is 3.46. The largest absolute Gasteiger partial charge is 0.396 e. The van der Waals surface area contributed by atoms with Gasteiger partial charge in [0.1, 0.15) is 24.4 Å². The highest BCUT2D eigenvalue weighted by molar-refractivity contribution is 5.27. The first-order chi connectivity index (χ1) is 19.6. The summed E-state index contributed by atoms with van der Waals surface area (Å²) in [5.74, 6) is 3.88. The number of hydrogen-bond acceptors (Lipinski definition) is 8. The number of nitrogens with zero attached hydrogens (tertiary/aromatic N) is 1. The van der Waals surface area contributed by atoms with Gasteiger partial charge in [0.25, 0.3) is 0 Å². The molecule has 0 amide bonds. The number of ether oxygens (including phenoxy) is 2. The molecule has 7 rings (SSSR count). The molecular formula is C33H53NO7. The Hall–Kier alpha value is -0.580. The van der Waals surface area contributed by atoms with Crippen molar-refractivity contribution in [3.8, 4) is 0 Å². The number of aliphatic hydroxyl groups excluding tert-OH is 5. The van der Waals surface area contributed by atoms with Crippen LogP contribution in [0, 0.1) is 46.3 Å². The molecule has 3 heterocycles. The highest BCUT2D eigenvalue weighted by atomic mass is 16.7. The van der Waals surface area contributed by atoms with Gasteiger partial charge in [-0.15, -0.1) is 0 Å². The molecule has 3 aliphatic heterocycles. The molecule has 41 heavy (non-hydrogen) atoms. The smallest absolute Gasteiger partial charge is 0.186 e. The molecule has 0 aromatic rings. The summed E-state index contributed by atoms with van der Waals surface area (Å²) in [4.78, 5) is 2.89. The lowest BCUT2D eigenvalue weighted by atomic mass is 9.46. The minimum Gasteiger partial charge on any atom is -0.396 e. The first-order valence-electron chi connectivity index (χ1n) is 16.6.